The molecule has 29 heavy (non-hydrogen) atoms. The molecule has 0 bridgehead atoms. The summed E-state index contributed by atoms with van der Waals surface area (Å²) in [4.78, 5) is 12.5. The first kappa shape index (κ1) is 21.8. The van der Waals surface area contributed by atoms with Gasteiger partial charge in [-0.25, -0.2) is 0 Å². The standard InChI is InChI=1S/C23H26N2O4/c1-4-6-13-29-21-12-7-17(15-22(21)28-5-2)14-18(16-24)23(26)25-19-8-10-20(27-3)11-9-19/h7-12,14-15H,4-6,13H2,1-3H3,(H,25,26). The lowest BCUT2D eigenvalue weighted by Gasteiger charge is -2.12. The third kappa shape index (κ3) is 6.58. The highest BCUT2D eigenvalue weighted by molar-refractivity contribution is 6.09. The number of nitrogens with one attached hydrogen (secondary N) is 1. The van der Waals surface area contributed by atoms with Gasteiger partial charge in [0.15, 0.2) is 11.5 Å². The van der Waals surface area contributed by atoms with Crippen LogP contribution in [-0.4, -0.2) is 26.2 Å². The molecule has 2 aromatic carbocycles. The second kappa shape index (κ2) is 11.4. The van der Waals surface area contributed by atoms with Crippen molar-refractivity contribution in [1.29, 1.82) is 5.26 Å². The zero-order valence-electron chi connectivity index (χ0n) is 17.0. The third-order valence-corrected chi connectivity index (χ3v) is 4.05. The summed E-state index contributed by atoms with van der Waals surface area (Å²) in [6, 6.07) is 14.2. The minimum atomic E-state index is -0.487. The minimum Gasteiger partial charge on any atom is -0.497 e. The molecule has 0 aromatic heterocycles. The molecule has 0 unspecified atom stereocenters. The summed E-state index contributed by atoms with van der Waals surface area (Å²) in [6.07, 6.45) is 3.52. The summed E-state index contributed by atoms with van der Waals surface area (Å²) < 4.78 is 16.5. The maximum absolute atomic E-state index is 12.5. The first-order valence-electron chi connectivity index (χ1n) is 9.58. The molecule has 0 fully saturated rings. The maximum atomic E-state index is 12.5. The summed E-state index contributed by atoms with van der Waals surface area (Å²) in [6.45, 7) is 5.09. The fourth-order valence-electron chi connectivity index (χ4n) is 2.52. The number of carbonyl (C=O) groups is 1. The van der Waals surface area contributed by atoms with E-state index in [4.69, 9.17) is 14.2 Å². The van der Waals surface area contributed by atoms with Crippen LogP contribution in [0.15, 0.2) is 48.0 Å². The van der Waals surface area contributed by atoms with E-state index in [9.17, 15) is 10.1 Å². The van der Waals surface area contributed by atoms with Crippen LogP contribution >= 0.6 is 0 Å². The van der Waals surface area contributed by atoms with Crippen molar-refractivity contribution in [3.63, 3.8) is 0 Å². The Balaban J connectivity index is 2.18. The van der Waals surface area contributed by atoms with E-state index in [0.717, 1.165) is 12.8 Å². The second-order valence-electron chi connectivity index (χ2n) is 6.19. The van der Waals surface area contributed by atoms with Gasteiger partial charge in [0.2, 0.25) is 0 Å². The molecule has 0 saturated carbocycles. The van der Waals surface area contributed by atoms with Crippen LogP contribution in [0.1, 0.15) is 32.3 Å². The summed E-state index contributed by atoms with van der Waals surface area (Å²) in [5, 5.41) is 12.1. The largest absolute Gasteiger partial charge is 0.497 e. The molecule has 152 valence electrons. The van der Waals surface area contributed by atoms with Gasteiger partial charge in [0, 0.05) is 5.69 Å². The summed E-state index contributed by atoms with van der Waals surface area (Å²) >= 11 is 0. The average molecular weight is 394 g/mol. The maximum Gasteiger partial charge on any atom is 0.266 e. The quantitative estimate of drug-likeness (QED) is 0.355. The van der Waals surface area contributed by atoms with E-state index in [0.29, 0.717) is 41.7 Å². The van der Waals surface area contributed by atoms with Gasteiger partial charge >= 0.3 is 0 Å². The molecular weight excluding hydrogens is 368 g/mol. The molecule has 0 aliphatic rings. The Kier molecular flexibility index (Phi) is 8.58. The number of ether oxygens (including phenoxy) is 3. The van der Waals surface area contributed by atoms with E-state index < -0.39 is 5.91 Å². The minimum absolute atomic E-state index is 0.0112. The van der Waals surface area contributed by atoms with Crippen LogP contribution < -0.4 is 19.5 Å². The van der Waals surface area contributed by atoms with Crippen LogP contribution in [0.2, 0.25) is 0 Å². The average Bonchev–Trinajstić information content (AvgIpc) is 2.74. The third-order valence-electron chi connectivity index (χ3n) is 4.05. The van der Waals surface area contributed by atoms with Gasteiger partial charge in [-0.05, 0) is 61.4 Å². The fourth-order valence-corrected chi connectivity index (χ4v) is 2.52. The number of benzene rings is 2. The second-order valence-corrected chi connectivity index (χ2v) is 6.19. The number of carbonyl (C=O) groups excluding carboxylic acids is 1. The number of unbranched alkanes of at least 4 members (excludes halogenated alkanes) is 1. The van der Waals surface area contributed by atoms with Crippen molar-refractivity contribution in [2.75, 3.05) is 25.6 Å². The van der Waals surface area contributed by atoms with E-state index >= 15 is 0 Å². The van der Waals surface area contributed by atoms with E-state index in [2.05, 4.69) is 12.2 Å². The van der Waals surface area contributed by atoms with Gasteiger partial charge in [0.25, 0.3) is 5.91 Å². The first-order valence-corrected chi connectivity index (χ1v) is 9.58. The van der Waals surface area contributed by atoms with Crippen LogP contribution in [0.3, 0.4) is 0 Å². The van der Waals surface area contributed by atoms with Gasteiger partial charge in [0.05, 0.1) is 20.3 Å². The summed E-state index contributed by atoms with van der Waals surface area (Å²) in [5.74, 6) is 1.44. The van der Waals surface area contributed by atoms with E-state index in [1.54, 1.807) is 49.6 Å². The highest BCUT2D eigenvalue weighted by Crippen LogP contribution is 2.29. The molecule has 0 spiro atoms. The van der Waals surface area contributed by atoms with E-state index in [1.165, 1.54) is 6.08 Å². The normalized spacial score (nSPS) is 10.8. The number of methoxy groups -OCH3 is 1. The molecule has 0 heterocycles. The number of amides is 1. The van der Waals surface area contributed by atoms with Crippen molar-refractivity contribution in [3.8, 4) is 23.3 Å². The number of anilines is 1. The van der Waals surface area contributed by atoms with Gasteiger partial charge in [-0.15, -0.1) is 0 Å². The molecule has 0 saturated heterocycles. The number of hydrogen-bond acceptors (Lipinski definition) is 5. The lowest BCUT2D eigenvalue weighted by Crippen LogP contribution is -2.13. The molecule has 1 N–H and O–H groups in total. The molecular formula is C23H26N2O4. The Morgan fingerprint density at radius 3 is 2.48 bits per heavy atom. The predicted octanol–water partition coefficient (Wildman–Crippen LogP) is 4.82. The van der Waals surface area contributed by atoms with Gasteiger partial charge in [-0.2, -0.15) is 5.26 Å². The molecule has 6 nitrogen and oxygen atoms in total. The number of hydrogen-bond donors (Lipinski definition) is 1. The van der Waals surface area contributed by atoms with Crippen LogP contribution in [0.5, 0.6) is 17.2 Å². The molecule has 0 aliphatic carbocycles. The van der Waals surface area contributed by atoms with Crippen molar-refractivity contribution in [2.45, 2.75) is 26.7 Å². The number of nitriles is 1. The molecule has 0 atom stereocenters. The molecule has 1 amide bonds. The Labute approximate surface area is 171 Å². The van der Waals surface area contributed by atoms with Gasteiger partial charge < -0.3 is 19.5 Å². The summed E-state index contributed by atoms with van der Waals surface area (Å²) in [7, 11) is 1.57. The molecule has 2 aromatic rings. The Hall–Kier alpha value is -3.46. The van der Waals surface area contributed by atoms with E-state index in [-0.39, 0.29) is 5.57 Å². The highest BCUT2D eigenvalue weighted by Gasteiger charge is 2.11. The fraction of sp³-hybridized carbons (Fsp3) is 0.304. The van der Waals surface area contributed by atoms with Gasteiger partial charge in [0.1, 0.15) is 17.4 Å². The van der Waals surface area contributed by atoms with Crippen molar-refractivity contribution in [1.82, 2.24) is 0 Å². The molecule has 2 rings (SSSR count). The summed E-state index contributed by atoms with van der Waals surface area (Å²) in [5.41, 5.74) is 1.24. The van der Waals surface area contributed by atoms with Crippen LogP contribution in [0.25, 0.3) is 6.08 Å². The number of nitrogens with zero attached hydrogens (tertiary/aromatic N) is 1. The van der Waals surface area contributed by atoms with Crippen molar-refractivity contribution >= 4 is 17.7 Å². The van der Waals surface area contributed by atoms with Gasteiger partial charge in [-0.1, -0.05) is 19.4 Å². The van der Waals surface area contributed by atoms with Crippen molar-refractivity contribution in [2.24, 2.45) is 0 Å². The highest BCUT2D eigenvalue weighted by atomic mass is 16.5. The zero-order valence-corrected chi connectivity index (χ0v) is 17.0. The van der Waals surface area contributed by atoms with Crippen LogP contribution in [0, 0.1) is 11.3 Å². The van der Waals surface area contributed by atoms with Crippen LogP contribution in [0.4, 0.5) is 5.69 Å². The first-order chi connectivity index (χ1) is 14.1. The molecule has 0 radical (unpaired) electrons. The van der Waals surface area contributed by atoms with Crippen LogP contribution in [-0.2, 0) is 4.79 Å². The van der Waals surface area contributed by atoms with Crippen molar-refractivity contribution < 1.29 is 19.0 Å². The SMILES string of the molecule is CCCCOc1ccc(C=C(C#N)C(=O)Nc2ccc(OC)cc2)cc1OCC. The Morgan fingerprint density at radius 1 is 1.10 bits per heavy atom. The number of rotatable bonds is 10. The lowest BCUT2D eigenvalue weighted by molar-refractivity contribution is -0.112. The smallest absolute Gasteiger partial charge is 0.266 e. The van der Waals surface area contributed by atoms with E-state index in [1.807, 2.05) is 13.0 Å². The van der Waals surface area contributed by atoms with Gasteiger partial charge in [-0.3, -0.25) is 4.79 Å². The predicted molar refractivity (Wildman–Crippen MR) is 113 cm³/mol. The zero-order chi connectivity index (χ0) is 21.1. The van der Waals surface area contributed by atoms with Crippen molar-refractivity contribution in [3.05, 3.63) is 53.6 Å². The Bertz CT molecular complexity index is 883. The lowest BCUT2D eigenvalue weighted by atomic mass is 10.1. The Morgan fingerprint density at radius 2 is 1.86 bits per heavy atom. The topological polar surface area (TPSA) is 80.6 Å². The molecule has 0 aliphatic heterocycles. The molecule has 6 heteroatoms. The monoisotopic (exact) mass is 394 g/mol.